The van der Waals surface area contributed by atoms with Crippen LogP contribution in [0.5, 0.6) is 0 Å². The maximum Gasteiger partial charge on any atom is 2.00 e. The number of aliphatic carboxylic acids is 2. The van der Waals surface area contributed by atoms with Gasteiger partial charge >= 0.3 is 37.7 Å². The van der Waals surface area contributed by atoms with Gasteiger partial charge in [0.15, 0.2) is 0 Å². The minimum atomic E-state index is -1.37. The second-order valence-electron chi connectivity index (χ2n) is 9.53. The zero-order valence-electron chi connectivity index (χ0n) is 23.1. The van der Waals surface area contributed by atoms with Crippen LogP contribution in [0, 0.1) is 10.8 Å². The van der Waals surface area contributed by atoms with E-state index in [2.05, 4.69) is 15.6 Å². The van der Waals surface area contributed by atoms with E-state index in [0.29, 0.717) is 5.56 Å². The molecule has 1 aromatic heterocycles. The van der Waals surface area contributed by atoms with Crippen molar-refractivity contribution < 1.29 is 54.6 Å². The van der Waals surface area contributed by atoms with Crippen LogP contribution in [0.25, 0.3) is 0 Å². The number of nitrogens with zero attached hydrogens (tertiary/aromatic N) is 1. The minimum Gasteiger partial charge on any atom is -0.550 e. The SMILES string of the molecule is CC(C)(CO)[C@@H](O)C(=O)NCCC(=O)[O-].CC(C)(CO)[C@@H](O)C(=O)NCCC(=O)[O-].NC(=O)c1cccnc1.[Ca+2]. The van der Waals surface area contributed by atoms with Gasteiger partial charge in [0.1, 0.15) is 12.2 Å². The van der Waals surface area contributed by atoms with Gasteiger partial charge in [0.2, 0.25) is 17.7 Å². The van der Waals surface area contributed by atoms with Gasteiger partial charge < -0.3 is 56.6 Å². The molecule has 1 rings (SSSR count). The Bertz CT molecular complexity index is 881. The van der Waals surface area contributed by atoms with Crippen LogP contribution in [0.4, 0.5) is 0 Å². The number of pyridine rings is 1. The predicted molar refractivity (Wildman–Crippen MR) is 138 cm³/mol. The molecule has 1 heterocycles. The Morgan fingerprint density at radius 3 is 1.48 bits per heavy atom. The number of primary amides is 1. The molecule has 2 atom stereocenters. The zero-order chi connectivity index (χ0) is 30.8. The standard InChI is InChI=1S/2C9H17NO5.C6H6N2O.Ca/c2*1-9(2,5-11)7(14)8(15)10-4-3-6(12)13;7-6(9)5-2-1-3-8-4-5;/h2*7,11,14H,3-5H2,1-2H3,(H,10,15)(H,12,13);1-4H,(H2,7,9);/q;;;+2/p-2/t2*7-;;/m00../s1. The van der Waals surface area contributed by atoms with E-state index in [1.165, 1.54) is 33.9 Å². The third-order valence-electron chi connectivity index (χ3n) is 4.99. The zero-order valence-corrected chi connectivity index (χ0v) is 25.3. The summed E-state index contributed by atoms with van der Waals surface area (Å²) in [5.41, 5.74) is 3.47. The van der Waals surface area contributed by atoms with Crippen LogP contribution in [0.2, 0.25) is 0 Å². The molecule has 1 aromatic rings. The summed E-state index contributed by atoms with van der Waals surface area (Å²) in [7, 11) is 0. The predicted octanol–water partition coefficient (Wildman–Crippen LogP) is -4.96. The van der Waals surface area contributed by atoms with Crippen molar-refractivity contribution in [3.05, 3.63) is 30.1 Å². The largest absolute Gasteiger partial charge is 2.00 e. The van der Waals surface area contributed by atoms with Crippen molar-refractivity contribution in [1.29, 1.82) is 0 Å². The first-order valence-corrected chi connectivity index (χ1v) is 11.7. The second kappa shape index (κ2) is 21.4. The van der Waals surface area contributed by atoms with Crippen LogP contribution >= 0.6 is 0 Å². The number of carboxylic acid groups (broad SMARTS) is 2. The first-order chi connectivity index (χ1) is 17.9. The van der Waals surface area contributed by atoms with E-state index in [1.54, 1.807) is 18.3 Å². The summed E-state index contributed by atoms with van der Waals surface area (Å²) >= 11 is 0. The third kappa shape index (κ3) is 18.8. The molecule has 0 aromatic carbocycles. The summed E-state index contributed by atoms with van der Waals surface area (Å²) in [4.78, 5) is 56.7. The molecular weight excluding hydrogens is 560 g/mol. The third-order valence-corrected chi connectivity index (χ3v) is 4.99. The molecule has 0 aliphatic heterocycles. The number of carbonyl (C=O) groups is 5. The van der Waals surface area contributed by atoms with Crippen LogP contribution in [-0.2, 0) is 19.2 Å². The number of aromatic nitrogens is 1. The number of hydrogen-bond donors (Lipinski definition) is 7. The van der Waals surface area contributed by atoms with Crippen LogP contribution in [0.15, 0.2) is 24.5 Å². The summed E-state index contributed by atoms with van der Waals surface area (Å²) in [6.07, 6.45) is -0.335. The molecule has 0 aliphatic rings. The summed E-state index contributed by atoms with van der Waals surface area (Å²) in [6, 6.07) is 3.29. The fourth-order valence-corrected chi connectivity index (χ4v) is 2.16. The molecule has 3 amide bonds. The number of aliphatic hydroxyl groups excluding tert-OH is 4. The smallest absolute Gasteiger partial charge is 0.550 e. The van der Waals surface area contributed by atoms with Crippen LogP contribution in [-0.4, -0.2) is 131 Å². The first kappa shape index (κ1) is 42.1. The molecule has 0 radical (unpaired) electrons. The summed E-state index contributed by atoms with van der Waals surface area (Å²) in [6.45, 7) is 5.21. The Morgan fingerprint density at radius 2 is 1.25 bits per heavy atom. The fourth-order valence-electron chi connectivity index (χ4n) is 2.16. The number of rotatable bonds is 13. The Morgan fingerprint density at radius 1 is 0.875 bits per heavy atom. The van der Waals surface area contributed by atoms with E-state index >= 15 is 0 Å². The minimum absolute atomic E-state index is 0. The average Bonchev–Trinajstić information content (AvgIpc) is 2.88. The Hall–Kier alpha value is -2.40. The molecule has 15 nitrogen and oxygen atoms in total. The fraction of sp³-hybridized carbons (Fsp3) is 0.583. The molecule has 8 N–H and O–H groups in total. The van der Waals surface area contributed by atoms with E-state index in [9.17, 15) is 44.4 Å². The van der Waals surface area contributed by atoms with E-state index in [4.69, 9.17) is 15.9 Å². The maximum atomic E-state index is 11.2. The number of aliphatic hydroxyl groups is 4. The van der Waals surface area contributed by atoms with E-state index < -0.39 is 52.7 Å². The van der Waals surface area contributed by atoms with Crippen molar-refractivity contribution in [1.82, 2.24) is 15.6 Å². The monoisotopic (exact) mass is 598 g/mol. The van der Waals surface area contributed by atoms with E-state index in [-0.39, 0.29) is 76.9 Å². The molecule has 0 saturated carbocycles. The van der Waals surface area contributed by atoms with Gasteiger partial charge in [-0.05, 0) is 12.1 Å². The normalized spacial score (nSPS) is 12.0. The Labute approximate surface area is 262 Å². The molecule has 0 aliphatic carbocycles. The van der Waals surface area contributed by atoms with Gasteiger partial charge in [-0.1, -0.05) is 27.7 Å². The van der Waals surface area contributed by atoms with Gasteiger partial charge in [-0.15, -0.1) is 0 Å². The van der Waals surface area contributed by atoms with Crippen molar-refractivity contribution >= 4 is 67.4 Å². The van der Waals surface area contributed by atoms with Gasteiger partial charge in [0, 0.05) is 61.1 Å². The second-order valence-corrected chi connectivity index (χ2v) is 9.53. The number of nitrogens with one attached hydrogen (secondary N) is 2. The van der Waals surface area contributed by atoms with Gasteiger partial charge in [-0.2, -0.15) is 0 Å². The quantitative estimate of drug-likeness (QED) is 0.105. The molecule has 0 unspecified atom stereocenters. The number of nitrogens with two attached hydrogens (primary N) is 1. The van der Waals surface area contributed by atoms with Crippen LogP contribution in [0.1, 0.15) is 50.9 Å². The van der Waals surface area contributed by atoms with Crippen molar-refractivity contribution in [2.75, 3.05) is 26.3 Å². The molecule has 40 heavy (non-hydrogen) atoms. The van der Waals surface area contributed by atoms with Crippen LogP contribution in [0.3, 0.4) is 0 Å². The molecule has 222 valence electrons. The van der Waals surface area contributed by atoms with Gasteiger partial charge in [-0.25, -0.2) is 0 Å². The molecule has 0 saturated heterocycles. The average molecular weight is 599 g/mol. The Balaban J connectivity index is -0.000000522. The number of hydrogen-bond acceptors (Lipinski definition) is 12. The van der Waals surface area contributed by atoms with Crippen molar-refractivity contribution in [2.24, 2.45) is 16.6 Å². The van der Waals surface area contributed by atoms with Crippen molar-refractivity contribution in [2.45, 2.75) is 52.7 Å². The van der Waals surface area contributed by atoms with Gasteiger partial charge in [-0.3, -0.25) is 19.4 Å². The molecule has 0 spiro atoms. The van der Waals surface area contributed by atoms with Crippen LogP contribution < -0.4 is 26.6 Å². The van der Waals surface area contributed by atoms with Crippen molar-refractivity contribution in [3.63, 3.8) is 0 Å². The number of carboxylic acids is 2. The molecule has 0 bridgehead atoms. The van der Waals surface area contributed by atoms with E-state index in [1.807, 2.05) is 0 Å². The maximum absolute atomic E-state index is 11.2. The Kier molecular flexibility index (Phi) is 22.5. The topological polar surface area (TPSA) is 275 Å². The number of amides is 3. The van der Waals surface area contributed by atoms with Gasteiger partial charge in [0.05, 0.1) is 18.8 Å². The summed E-state index contributed by atoms with van der Waals surface area (Å²) in [5, 5.41) is 61.3. The molecule has 16 heteroatoms. The molecular formula is C24H38CaN4O11. The number of carbonyl (C=O) groups excluding carboxylic acids is 5. The van der Waals surface area contributed by atoms with Gasteiger partial charge in [0.25, 0.3) is 0 Å². The molecule has 0 fully saturated rings. The summed E-state index contributed by atoms with van der Waals surface area (Å²) in [5.74, 6) is -4.38. The first-order valence-electron chi connectivity index (χ1n) is 11.7. The summed E-state index contributed by atoms with van der Waals surface area (Å²) < 4.78 is 0. The van der Waals surface area contributed by atoms with E-state index in [0.717, 1.165) is 0 Å². The van der Waals surface area contributed by atoms with Crippen molar-refractivity contribution in [3.8, 4) is 0 Å².